The summed E-state index contributed by atoms with van der Waals surface area (Å²) in [4.78, 5) is 20.4. The molecule has 1 aliphatic rings. The van der Waals surface area contributed by atoms with Crippen molar-refractivity contribution in [1.29, 1.82) is 0 Å². The molecule has 5 aromatic rings. The number of nitrogens with zero attached hydrogens (tertiary/aromatic N) is 5. The molecular formula is C30H26F2N6O2. The van der Waals surface area contributed by atoms with Gasteiger partial charge in [0.25, 0.3) is 0 Å². The first-order valence-corrected chi connectivity index (χ1v) is 12.8. The zero-order valence-corrected chi connectivity index (χ0v) is 21.9. The second-order valence-corrected chi connectivity index (χ2v) is 9.37. The number of hydrogen-bond acceptors (Lipinski definition) is 8. The third-order valence-electron chi connectivity index (χ3n) is 6.86. The fraction of sp³-hybridized carbons (Fsp3) is 0.200. The van der Waals surface area contributed by atoms with Gasteiger partial charge in [-0.25, -0.2) is 18.7 Å². The lowest BCUT2D eigenvalue weighted by Crippen LogP contribution is -2.43. The van der Waals surface area contributed by atoms with E-state index in [2.05, 4.69) is 30.2 Å². The molecule has 0 bridgehead atoms. The molecule has 0 amide bonds. The fourth-order valence-electron chi connectivity index (χ4n) is 4.87. The predicted octanol–water partition coefficient (Wildman–Crippen LogP) is 5.89. The van der Waals surface area contributed by atoms with Gasteiger partial charge in [-0.15, -0.1) is 0 Å². The van der Waals surface area contributed by atoms with Crippen molar-refractivity contribution in [3.63, 3.8) is 0 Å². The van der Waals surface area contributed by atoms with Crippen LogP contribution in [0.15, 0.2) is 73.2 Å². The van der Waals surface area contributed by atoms with Crippen LogP contribution in [0.2, 0.25) is 0 Å². The summed E-state index contributed by atoms with van der Waals surface area (Å²) in [7, 11) is 1.62. The molecule has 1 atom stereocenters. The highest BCUT2D eigenvalue weighted by Gasteiger charge is 2.22. The smallest absolute Gasteiger partial charge is 0.174 e. The lowest BCUT2D eigenvalue weighted by Gasteiger charge is -2.32. The van der Waals surface area contributed by atoms with Crippen molar-refractivity contribution in [2.75, 3.05) is 37.0 Å². The number of methoxy groups -OCH3 is 1. The third kappa shape index (κ3) is 4.94. The summed E-state index contributed by atoms with van der Waals surface area (Å²) in [6.45, 7) is 3.68. The Morgan fingerprint density at radius 1 is 1.00 bits per heavy atom. The largest absolute Gasteiger partial charge is 0.354 e. The number of halogens is 2. The van der Waals surface area contributed by atoms with Crippen LogP contribution in [-0.2, 0) is 9.47 Å². The SMILES string of the molecule is COC1CN(c2ccc(-c3ncccc3Nc3c(C)c(-c4ccccn4)nc4cc(F)cc(F)c34)cn2)CCO1. The van der Waals surface area contributed by atoms with Crippen LogP contribution < -0.4 is 10.2 Å². The molecule has 10 heteroatoms. The Morgan fingerprint density at radius 2 is 1.88 bits per heavy atom. The number of ether oxygens (including phenoxy) is 2. The van der Waals surface area contributed by atoms with Gasteiger partial charge in [-0.05, 0) is 43.3 Å². The number of anilines is 3. The predicted molar refractivity (Wildman–Crippen MR) is 149 cm³/mol. The summed E-state index contributed by atoms with van der Waals surface area (Å²) in [5.41, 5.74) is 4.47. The van der Waals surface area contributed by atoms with Crippen LogP contribution in [0.25, 0.3) is 33.5 Å². The molecule has 0 aliphatic carbocycles. The van der Waals surface area contributed by atoms with Crippen LogP contribution in [-0.4, -0.2) is 53.0 Å². The standard InChI is InChI=1S/C30H26F2N6O2/c1-18-28(22-6-3-4-10-33-22)37-24-15-20(31)14-21(32)27(24)29(18)36-23-7-5-11-34-30(23)19-8-9-25(35-16-19)38-12-13-40-26(17-38)39-2/h3-11,14-16,26H,12-13,17H2,1-2H3,(H,36,37). The third-order valence-corrected chi connectivity index (χ3v) is 6.86. The van der Waals surface area contributed by atoms with Crippen molar-refractivity contribution in [1.82, 2.24) is 19.9 Å². The number of fused-ring (bicyclic) bond motifs is 1. The Hall–Kier alpha value is -4.54. The minimum absolute atomic E-state index is 0.182. The summed E-state index contributed by atoms with van der Waals surface area (Å²) >= 11 is 0. The molecule has 1 aromatic carbocycles. The van der Waals surface area contributed by atoms with E-state index in [1.54, 1.807) is 37.8 Å². The first-order valence-electron chi connectivity index (χ1n) is 12.8. The van der Waals surface area contributed by atoms with E-state index in [0.717, 1.165) is 17.4 Å². The second-order valence-electron chi connectivity index (χ2n) is 9.37. The van der Waals surface area contributed by atoms with Crippen LogP contribution >= 0.6 is 0 Å². The number of benzene rings is 1. The molecule has 1 fully saturated rings. The maximum absolute atomic E-state index is 15.2. The monoisotopic (exact) mass is 540 g/mol. The molecule has 0 radical (unpaired) electrons. The van der Waals surface area contributed by atoms with Gasteiger partial charge in [-0.1, -0.05) is 6.07 Å². The van der Waals surface area contributed by atoms with E-state index in [1.807, 2.05) is 37.3 Å². The topological polar surface area (TPSA) is 85.3 Å². The van der Waals surface area contributed by atoms with Gasteiger partial charge in [0.2, 0.25) is 0 Å². The highest BCUT2D eigenvalue weighted by Crippen LogP contribution is 2.38. The Kier molecular flexibility index (Phi) is 7.02. The molecule has 202 valence electrons. The number of aromatic nitrogens is 4. The van der Waals surface area contributed by atoms with Gasteiger partial charge in [0.15, 0.2) is 6.29 Å². The van der Waals surface area contributed by atoms with Crippen molar-refractivity contribution in [2.45, 2.75) is 13.2 Å². The van der Waals surface area contributed by atoms with Crippen molar-refractivity contribution in [3.05, 3.63) is 90.4 Å². The zero-order valence-electron chi connectivity index (χ0n) is 21.9. The van der Waals surface area contributed by atoms with Crippen molar-refractivity contribution >= 4 is 28.1 Å². The van der Waals surface area contributed by atoms with Gasteiger partial charge in [0, 0.05) is 55.5 Å². The van der Waals surface area contributed by atoms with Crippen LogP contribution in [0, 0.1) is 18.6 Å². The Morgan fingerprint density at radius 3 is 2.65 bits per heavy atom. The minimum atomic E-state index is -0.711. The average Bonchev–Trinajstić information content (AvgIpc) is 2.99. The average molecular weight is 541 g/mol. The second kappa shape index (κ2) is 10.9. The lowest BCUT2D eigenvalue weighted by atomic mass is 10.0. The normalized spacial score (nSPS) is 15.4. The molecule has 1 N–H and O–H groups in total. The maximum Gasteiger partial charge on any atom is 0.174 e. The van der Waals surface area contributed by atoms with Crippen LogP contribution in [0.5, 0.6) is 0 Å². The van der Waals surface area contributed by atoms with Crippen molar-refractivity contribution < 1.29 is 18.3 Å². The summed E-state index contributed by atoms with van der Waals surface area (Å²) in [6, 6.07) is 15.1. The summed E-state index contributed by atoms with van der Waals surface area (Å²) < 4.78 is 40.4. The Balaban J connectivity index is 1.41. The van der Waals surface area contributed by atoms with E-state index < -0.39 is 11.6 Å². The number of pyridine rings is 4. The molecule has 0 saturated carbocycles. The molecule has 0 spiro atoms. The molecule has 40 heavy (non-hydrogen) atoms. The molecule has 1 aliphatic heterocycles. The highest BCUT2D eigenvalue weighted by atomic mass is 19.1. The Labute approximate surface area is 229 Å². The van der Waals surface area contributed by atoms with E-state index in [0.29, 0.717) is 53.7 Å². The summed E-state index contributed by atoms with van der Waals surface area (Å²) in [5, 5.41) is 3.56. The molecule has 6 rings (SSSR count). The molecule has 8 nitrogen and oxygen atoms in total. The van der Waals surface area contributed by atoms with Gasteiger partial charge in [0.05, 0.1) is 52.5 Å². The van der Waals surface area contributed by atoms with Gasteiger partial charge < -0.3 is 19.7 Å². The number of rotatable bonds is 6. The molecule has 4 aromatic heterocycles. The van der Waals surface area contributed by atoms with Crippen LogP contribution in [0.1, 0.15) is 5.56 Å². The molecule has 1 saturated heterocycles. The van der Waals surface area contributed by atoms with Gasteiger partial charge in [-0.3, -0.25) is 9.97 Å². The number of nitrogens with one attached hydrogen (secondary N) is 1. The first kappa shape index (κ1) is 25.7. The van der Waals surface area contributed by atoms with E-state index in [-0.39, 0.29) is 17.2 Å². The maximum atomic E-state index is 15.2. The van der Waals surface area contributed by atoms with Gasteiger partial charge in [-0.2, -0.15) is 0 Å². The van der Waals surface area contributed by atoms with Gasteiger partial charge >= 0.3 is 0 Å². The van der Waals surface area contributed by atoms with Gasteiger partial charge in [0.1, 0.15) is 17.5 Å². The van der Waals surface area contributed by atoms with E-state index in [1.165, 1.54) is 6.07 Å². The summed E-state index contributed by atoms with van der Waals surface area (Å²) in [5.74, 6) is -0.610. The van der Waals surface area contributed by atoms with Crippen LogP contribution in [0.3, 0.4) is 0 Å². The summed E-state index contributed by atoms with van der Waals surface area (Å²) in [6.07, 6.45) is 4.80. The molecule has 1 unspecified atom stereocenters. The molecular weight excluding hydrogens is 514 g/mol. The first-order chi connectivity index (χ1) is 19.5. The van der Waals surface area contributed by atoms with E-state index >= 15 is 4.39 Å². The van der Waals surface area contributed by atoms with E-state index in [4.69, 9.17) is 9.47 Å². The number of hydrogen-bond donors (Lipinski definition) is 1. The minimum Gasteiger partial charge on any atom is -0.354 e. The number of morpholine rings is 1. The Bertz CT molecular complexity index is 1670. The van der Waals surface area contributed by atoms with Crippen molar-refractivity contribution in [3.8, 4) is 22.6 Å². The van der Waals surface area contributed by atoms with Crippen LogP contribution in [0.4, 0.5) is 26.0 Å². The fourth-order valence-corrected chi connectivity index (χ4v) is 4.87. The molecule has 5 heterocycles. The zero-order chi connectivity index (χ0) is 27.6. The van der Waals surface area contributed by atoms with E-state index in [9.17, 15) is 4.39 Å². The quantitative estimate of drug-likeness (QED) is 0.285. The van der Waals surface area contributed by atoms with Crippen molar-refractivity contribution in [2.24, 2.45) is 0 Å². The highest BCUT2D eigenvalue weighted by molar-refractivity contribution is 5.99. The lowest BCUT2D eigenvalue weighted by molar-refractivity contribution is -0.128.